The van der Waals surface area contributed by atoms with Crippen LogP contribution in [-0.4, -0.2) is 6.04 Å². The van der Waals surface area contributed by atoms with Gasteiger partial charge in [0.1, 0.15) is 5.82 Å². The van der Waals surface area contributed by atoms with Gasteiger partial charge in [0, 0.05) is 12.6 Å². The van der Waals surface area contributed by atoms with Crippen LogP contribution in [0.1, 0.15) is 68.6 Å². The van der Waals surface area contributed by atoms with Gasteiger partial charge in [0.25, 0.3) is 0 Å². The van der Waals surface area contributed by atoms with Crippen molar-refractivity contribution in [2.75, 3.05) is 0 Å². The van der Waals surface area contributed by atoms with Crippen LogP contribution in [-0.2, 0) is 6.54 Å². The summed E-state index contributed by atoms with van der Waals surface area (Å²) in [6.07, 6.45) is 9.42. The molecule has 2 unspecified atom stereocenters. The number of benzene rings is 1. The number of aryl methyl sites for hydroxylation is 2. The van der Waals surface area contributed by atoms with E-state index in [-0.39, 0.29) is 5.82 Å². The molecule has 0 aliphatic heterocycles. The van der Waals surface area contributed by atoms with Crippen molar-refractivity contribution in [1.29, 1.82) is 0 Å². The predicted octanol–water partition coefficient (Wildman–Crippen LogP) is 5.28. The minimum Gasteiger partial charge on any atom is -0.310 e. The molecule has 0 saturated heterocycles. The van der Waals surface area contributed by atoms with Gasteiger partial charge in [0.15, 0.2) is 0 Å². The molecule has 2 rings (SSSR count). The Hall–Kier alpha value is -0.890. The highest BCUT2D eigenvalue weighted by molar-refractivity contribution is 5.30. The van der Waals surface area contributed by atoms with Gasteiger partial charge in [-0.3, -0.25) is 0 Å². The van der Waals surface area contributed by atoms with E-state index in [4.69, 9.17) is 0 Å². The van der Waals surface area contributed by atoms with Crippen LogP contribution in [0, 0.1) is 25.6 Å². The molecule has 2 atom stereocenters. The van der Waals surface area contributed by atoms with Gasteiger partial charge in [-0.05, 0) is 55.7 Å². The molecule has 1 nitrogen and oxygen atoms in total. The quantitative estimate of drug-likeness (QED) is 0.728. The van der Waals surface area contributed by atoms with Crippen molar-refractivity contribution < 1.29 is 4.39 Å². The van der Waals surface area contributed by atoms with Gasteiger partial charge in [-0.2, -0.15) is 0 Å². The van der Waals surface area contributed by atoms with Gasteiger partial charge in [-0.15, -0.1) is 0 Å². The molecule has 21 heavy (non-hydrogen) atoms. The van der Waals surface area contributed by atoms with Crippen LogP contribution >= 0.6 is 0 Å². The first-order chi connectivity index (χ1) is 10.1. The second-order valence-electron chi connectivity index (χ2n) is 6.78. The Bertz CT molecular complexity index is 432. The van der Waals surface area contributed by atoms with E-state index >= 15 is 0 Å². The van der Waals surface area contributed by atoms with Crippen molar-refractivity contribution in [3.05, 3.63) is 34.6 Å². The maximum absolute atomic E-state index is 13.7. The lowest BCUT2D eigenvalue weighted by atomic mass is 9.95. The van der Waals surface area contributed by atoms with Crippen molar-refractivity contribution in [2.45, 2.75) is 78.3 Å². The lowest BCUT2D eigenvalue weighted by Crippen LogP contribution is -2.28. The summed E-state index contributed by atoms with van der Waals surface area (Å²) >= 11 is 0. The smallest absolute Gasteiger partial charge is 0.129 e. The van der Waals surface area contributed by atoms with Crippen LogP contribution in [0.5, 0.6) is 0 Å². The zero-order chi connectivity index (χ0) is 15.2. The molecule has 1 saturated carbocycles. The molecule has 0 heterocycles. The summed E-state index contributed by atoms with van der Waals surface area (Å²) in [7, 11) is 0. The Morgan fingerprint density at radius 2 is 1.81 bits per heavy atom. The first-order valence-electron chi connectivity index (χ1n) is 8.59. The van der Waals surface area contributed by atoms with Gasteiger partial charge in [-0.25, -0.2) is 4.39 Å². The normalized spacial score (nSPS) is 23.0. The number of hydrogen-bond donors (Lipinski definition) is 1. The molecule has 0 amide bonds. The molecule has 1 aromatic carbocycles. The lowest BCUT2D eigenvalue weighted by molar-refractivity contribution is 0.409. The second-order valence-corrected chi connectivity index (χ2v) is 6.78. The van der Waals surface area contributed by atoms with Crippen molar-refractivity contribution in [2.24, 2.45) is 5.92 Å². The van der Waals surface area contributed by atoms with Crippen LogP contribution in [0.2, 0.25) is 0 Å². The Balaban J connectivity index is 1.85. The summed E-state index contributed by atoms with van der Waals surface area (Å²) < 4.78 is 13.7. The molecular formula is C19H30FN. The Morgan fingerprint density at radius 1 is 1.10 bits per heavy atom. The molecule has 0 aromatic heterocycles. The van der Waals surface area contributed by atoms with Crippen molar-refractivity contribution in [1.82, 2.24) is 5.32 Å². The zero-order valence-electron chi connectivity index (χ0n) is 13.8. The highest BCUT2D eigenvalue weighted by Gasteiger charge is 2.18. The molecular weight excluding hydrogens is 261 g/mol. The standard InChI is InChI=1S/C19H30FN/c1-4-6-16-7-5-8-18(10-9-16)21-13-17-11-14(2)19(20)15(3)12-17/h11-12,16,18,21H,4-10,13H2,1-3H3. The van der Waals surface area contributed by atoms with Crippen molar-refractivity contribution >= 4 is 0 Å². The zero-order valence-corrected chi connectivity index (χ0v) is 13.8. The Labute approximate surface area is 129 Å². The fraction of sp³-hybridized carbons (Fsp3) is 0.684. The van der Waals surface area contributed by atoms with Gasteiger partial charge >= 0.3 is 0 Å². The largest absolute Gasteiger partial charge is 0.310 e. The third kappa shape index (κ3) is 4.81. The number of nitrogens with one attached hydrogen (secondary N) is 1. The maximum atomic E-state index is 13.7. The fourth-order valence-electron chi connectivity index (χ4n) is 3.68. The van der Waals surface area contributed by atoms with Crippen LogP contribution in [0.25, 0.3) is 0 Å². The van der Waals surface area contributed by atoms with Crippen LogP contribution in [0.4, 0.5) is 4.39 Å². The summed E-state index contributed by atoms with van der Waals surface area (Å²) in [5, 5.41) is 3.69. The van der Waals surface area contributed by atoms with E-state index in [1.165, 1.54) is 50.5 Å². The number of hydrogen-bond acceptors (Lipinski definition) is 1. The van der Waals surface area contributed by atoms with Crippen LogP contribution in [0.15, 0.2) is 12.1 Å². The van der Waals surface area contributed by atoms with E-state index in [1.807, 2.05) is 26.0 Å². The van der Waals surface area contributed by atoms with E-state index in [1.54, 1.807) is 0 Å². The third-order valence-corrected chi connectivity index (χ3v) is 4.88. The molecule has 0 spiro atoms. The van der Waals surface area contributed by atoms with Gasteiger partial charge in [0.2, 0.25) is 0 Å². The minimum atomic E-state index is -0.0596. The van der Waals surface area contributed by atoms with E-state index in [2.05, 4.69) is 12.2 Å². The summed E-state index contributed by atoms with van der Waals surface area (Å²) in [6.45, 7) is 6.87. The van der Waals surface area contributed by atoms with E-state index in [9.17, 15) is 4.39 Å². The van der Waals surface area contributed by atoms with Crippen LogP contribution < -0.4 is 5.32 Å². The summed E-state index contributed by atoms with van der Waals surface area (Å²) in [5.74, 6) is 0.882. The fourth-order valence-corrected chi connectivity index (χ4v) is 3.68. The van der Waals surface area contributed by atoms with E-state index in [0.717, 1.165) is 23.6 Å². The lowest BCUT2D eigenvalue weighted by Gasteiger charge is -2.17. The molecule has 1 N–H and O–H groups in total. The van der Waals surface area contributed by atoms with E-state index in [0.29, 0.717) is 6.04 Å². The molecule has 1 aromatic rings. The van der Waals surface area contributed by atoms with Gasteiger partial charge in [-0.1, -0.05) is 44.7 Å². The molecule has 0 radical (unpaired) electrons. The number of rotatable bonds is 5. The van der Waals surface area contributed by atoms with Crippen molar-refractivity contribution in [3.8, 4) is 0 Å². The van der Waals surface area contributed by atoms with Gasteiger partial charge < -0.3 is 5.32 Å². The summed E-state index contributed by atoms with van der Waals surface area (Å²) in [5.41, 5.74) is 2.73. The van der Waals surface area contributed by atoms with E-state index < -0.39 is 0 Å². The Kier molecular flexibility index (Phi) is 6.22. The highest BCUT2D eigenvalue weighted by Crippen LogP contribution is 2.27. The molecule has 118 valence electrons. The average Bonchev–Trinajstić information content (AvgIpc) is 2.68. The predicted molar refractivity (Wildman–Crippen MR) is 88.0 cm³/mol. The first-order valence-corrected chi connectivity index (χ1v) is 8.59. The summed E-state index contributed by atoms with van der Waals surface area (Å²) in [6, 6.07) is 4.59. The molecule has 2 heteroatoms. The number of halogens is 1. The average molecular weight is 291 g/mol. The third-order valence-electron chi connectivity index (χ3n) is 4.88. The monoisotopic (exact) mass is 291 g/mol. The topological polar surface area (TPSA) is 12.0 Å². The Morgan fingerprint density at radius 3 is 2.48 bits per heavy atom. The minimum absolute atomic E-state index is 0.0596. The highest BCUT2D eigenvalue weighted by atomic mass is 19.1. The maximum Gasteiger partial charge on any atom is 0.129 e. The van der Waals surface area contributed by atoms with Gasteiger partial charge in [0.05, 0.1) is 0 Å². The second kappa shape index (κ2) is 7.93. The first kappa shape index (κ1) is 16.5. The SMILES string of the molecule is CCCC1CCCC(NCc2cc(C)c(F)c(C)c2)CC1. The van der Waals surface area contributed by atoms with Crippen molar-refractivity contribution in [3.63, 3.8) is 0 Å². The molecule has 1 fully saturated rings. The molecule has 0 bridgehead atoms. The molecule has 1 aliphatic carbocycles. The van der Waals surface area contributed by atoms with Crippen LogP contribution in [0.3, 0.4) is 0 Å². The summed E-state index contributed by atoms with van der Waals surface area (Å²) in [4.78, 5) is 0. The molecule has 1 aliphatic rings.